The van der Waals surface area contributed by atoms with Crippen LogP contribution in [0.2, 0.25) is 0 Å². The monoisotopic (exact) mass is 329 g/mol. The lowest BCUT2D eigenvalue weighted by Crippen LogP contribution is -2.23. The molecule has 1 N–H and O–H groups in total. The van der Waals surface area contributed by atoms with E-state index in [0.717, 1.165) is 10.6 Å². The molecule has 0 atom stereocenters. The summed E-state index contributed by atoms with van der Waals surface area (Å²) in [5.74, 6) is 1.44. The Morgan fingerprint density at radius 1 is 1.30 bits per heavy atom. The maximum Gasteiger partial charge on any atom is 0.268 e. The first-order valence-electron chi connectivity index (χ1n) is 7.14. The molecule has 23 heavy (non-hydrogen) atoms. The van der Waals surface area contributed by atoms with Gasteiger partial charge in [-0.05, 0) is 42.6 Å². The molecule has 3 aromatic rings. The standard InChI is InChI=1S/C16H15N3O3S/c1-2-21-12-7-5-11(6-8-12)15(20)17-10-14-18-16(22-19-14)13-4-3-9-23-13/h3-9H,2,10H2,1H3,(H,17,20). The summed E-state index contributed by atoms with van der Waals surface area (Å²) in [5.41, 5.74) is 0.551. The number of carbonyl (C=O) groups excluding carboxylic acids is 1. The van der Waals surface area contributed by atoms with Crippen molar-refractivity contribution < 1.29 is 14.1 Å². The van der Waals surface area contributed by atoms with Crippen LogP contribution in [-0.2, 0) is 6.54 Å². The maximum atomic E-state index is 12.1. The average molecular weight is 329 g/mol. The number of hydrogen-bond donors (Lipinski definition) is 1. The van der Waals surface area contributed by atoms with Crippen molar-refractivity contribution in [1.29, 1.82) is 0 Å². The van der Waals surface area contributed by atoms with E-state index in [1.165, 1.54) is 11.3 Å². The van der Waals surface area contributed by atoms with Crippen molar-refractivity contribution >= 4 is 17.2 Å². The molecular formula is C16H15N3O3S. The average Bonchev–Trinajstić information content (AvgIpc) is 3.25. The summed E-state index contributed by atoms with van der Waals surface area (Å²) in [6.07, 6.45) is 0. The smallest absolute Gasteiger partial charge is 0.268 e. The molecule has 0 aliphatic heterocycles. The normalized spacial score (nSPS) is 10.5. The Bertz CT molecular complexity index is 766. The topological polar surface area (TPSA) is 77.2 Å². The van der Waals surface area contributed by atoms with Crippen LogP contribution >= 0.6 is 11.3 Å². The minimum Gasteiger partial charge on any atom is -0.494 e. The fourth-order valence-electron chi connectivity index (χ4n) is 1.96. The molecular weight excluding hydrogens is 314 g/mol. The molecule has 2 heterocycles. The predicted octanol–water partition coefficient (Wildman–Crippen LogP) is 3.13. The Morgan fingerprint density at radius 2 is 2.13 bits per heavy atom. The van der Waals surface area contributed by atoms with Crippen molar-refractivity contribution in [2.75, 3.05) is 6.61 Å². The highest BCUT2D eigenvalue weighted by Gasteiger charge is 2.11. The number of rotatable bonds is 6. The molecule has 6 nitrogen and oxygen atoms in total. The third-order valence-electron chi connectivity index (χ3n) is 3.03. The highest BCUT2D eigenvalue weighted by molar-refractivity contribution is 7.13. The van der Waals surface area contributed by atoms with E-state index in [9.17, 15) is 4.79 Å². The van der Waals surface area contributed by atoms with E-state index < -0.39 is 0 Å². The van der Waals surface area contributed by atoms with Crippen LogP contribution in [0.1, 0.15) is 23.1 Å². The third kappa shape index (κ3) is 3.75. The van der Waals surface area contributed by atoms with Gasteiger partial charge in [0.15, 0.2) is 5.82 Å². The fraction of sp³-hybridized carbons (Fsp3) is 0.188. The van der Waals surface area contributed by atoms with Gasteiger partial charge in [0.2, 0.25) is 0 Å². The summed E-state index contributed by atoms with van der Waals surface area (Å²) in [4.78, 5) is 17.2. The molecule has 0 spiro atoms. The third-order valence-corrected chi connectivity index (χ3v) is 3.89. The lowest BCUT2D eigenvalue weighted by Gasteiger charge is -2.05. The van der Waals surface area contributed by atoms with Crippen LogP contribution < -0.4 is 10.1 Å². The van der Waals surface area contributed by atoms with Gasteiger partial charge in [-0.2, -0.15) is 4.98 Å². The predicted molar refractivity (Wildman–Crippen MR) is 86.4 cm³/mol. The second-order valence-electron chi connectivity index (χ2n) is 4.63. The van der Waals surface area contributed by atoms with Crippen molar-refractivity contribution in [3.05, 3.63) is 53.2 Å². The summed E-state index contributed by atoms with van der Waals surface area (Å²) in [7, 11) is 0. The van der Waals surface area contributed by atoms with E-state index >= 15 is 0 Å². The molecule has 0 aliphatic carbocycles. The molecule has 0 radical (unpaired) electrons. The van der Waals surface area contributed by atoms with Gasteiger partial charge < -0.3 is 14.6 Å². The number of aromatic nitrogens is 2. The van der Waals surface area contributed by atoms with E-state index in [-0.39, 0.29) is 12.5 Å². The van der Waals surface area contributed by atoms with Crippen LogP contribution in [0.3, 0.4) is 0 Å². The van der Waals surface area contributed by atoms with Gasteiger partial charge in [-0.15, -0.1) is 11.3 Å². The summed E-state index contributed by atoms with van der Waals surface area (Å²) in [6.45, 7) is 2.72. The summed E-state index contributed by atoms with van der Waals surface area (Å²) >= 11 is 1.52. The number of amides is 1. The highest BCUT2D eigenvalue weighted by atomic mass is 32.1. The van der Waals surface area contributed by atoms with E-state index in [1.807, 2.05) is 24.4 Å². The number of nitrogens with one attached hydrogen (secondary N) is 1. The first-order valence-corrected chi connectivity index (χ1v) is 8.01. The van der Waals surface area contributed by atoms with E-state index in [1.54, 1.807) is 24.3 Å². The lowest BCUT2D eigenvalue weighted by molar-refractivity contribution is 0.0949. The molecule has 0 aliphatic rings. The van der Waals surface area contributed by atoms with Crippen molar-refractivity contribution in [2.24, 2.45) is 0 Å². The first kappa shape index (κ1) is 15.2. The van der Waals surface area contributed by atoms with E-state index in [0.29, 0.717) is 23.9 Å². The Labute approximate surface area is 137 Å². The zero-order valence-corrected chi connectivity index (χ0v) is 13.3. The zero-order chi connectivity index (χ0) is 16.1. The summed E-state index contributed by atoms with van der Waals surface area (Å²) in [5, 5.41) is 8.56. The van der Waals surface area contributed by atoms with Gasteiger partial charge in [0.25, 0.3) is 11.8 Å². The number of hydrogen-bond acceptors (Lipinski definition) is 6. The van der Waals surface area contributed by atoms with Crippen molar-refractivity contribution in [3.63, 3.8) is 0 Å². The van der Waals surface area contributed by atoms with Crippen molar-refractivity contribution in [3.8, 4) is 16.5 Å². The molecule has 7 heteroatoms. The summed E-state index contributed by atoms with van der Waals surface area (Å²) < 4.78 is 10.5. The van der Waals surface area contributed by atoms with Crippen LogP contribution in [0.4, 0.5) is 0 Å². The number of carbonyl (C=O) groups is 1. The fourth-order valence-corrected chi connectivity index (χ4v) is 2.60. The van der Waals surface area contributed by atoms with Crippen LogP contribution in [0.15, 0.2) is 46.3 Å². The molecule has 0 bridgehead atoms. The van der Waals surface area contributed by atoms with E-state index in [2.05, 4.69) is 15.5 Å². The van der Waals surface area contributed by atoms with Crippen molar-refractivity contribution in [2.45, 2.75) is 13.5 Å². The SMILES string of the molecule is CCOc1ccc(C(=O)NCc2noc(-c3cccs3)n2)cc1. The molecule has 1 aromatic carbocycles. The molecule has 3 rings (SSSR count). The first-order chi connectivity index (χ1) is 11.3. The molecule has 0 saturated carbocycles. The Morgan fingerprint density at radius 3 is 2.83 bits per heavy atom. The molecule has 0 fully saturated rings. The summed E-state index contributed by atoms with van der Waals surface area (Å²) in [6, 6.07) is 10.8. The molecule has 118 valence electrons. The number of thiophene rings is 1. The Hall–Kier alpha value is -2.67. The minimum absolute atomic E-state index is 0.199. The lowest BCUT2D eigenvalue weighted by atomic mass is 10.2. The second kappa shape index (κ2) is 7.06. The van der Waals surface area contributed by atoms with Gasteiger partial charge in [0.1, 0.15) is 5.75 Å². The number of ether oxygens (including phenoxy) is 1. The van der Waals surface area contributed by atoms with Gasteiger partial charge in [0, 0.05) is 5.56 Å². The molecule has 0 unspecified atom stereocenters. The van der Waals surface area contributed by atoms with Crippen LogP contribution in [-0.4, -0.2) is 22.7 Å². The Kier molecular flexibility index (Phi) is 4.68. The zero-order valence-electron chi connectivity index (χ0n) is 12.5. The number of nitrogens with zero attached hydrogens (tertiary/aromatic N) is 2. The van der Waals surface area contributed by atoms with Gasteiger partial charge in [-0.3, -0.25) is 4.79 Å². The van der Waals surface area contributed by atoms with Gasteiger partial charge in [-0.25, -0.2) is 0 Å². The molecule has 2 aromatic heterocycles. The van der Waals surface area contributed by atoms with Crippen LogP contribution in [0.25, 0.3) is 10.8 Å². The molecule has 1 amide bonds. The van der Waals surface area contributed by atoms with Crippen molar-refractivity contribution in [1.82, 2.24) is 15.5 Å². The second-order valence-corrected chi connectivity index (χ2v) is 5.58. The maximum absolute atomic E-state index is 12.1. The quantitative estimate of drug-likeness (QED) is 0.752. The number of benzene rings is 1. The largest absolute Gasteiger partial charge is 0.494 e. The van der Waals surface area contributed by atoms with Crippen LogP contribution in [0.5, 0.6) is 5.75 Å². The van der Waals surface area contributed by atoms with E-state index in [4.69, 9.17) is 9.26 Å². The van der Waals surface area contributed by atoms with Gasteiger partial charge >= 0.3 is 0 Å². The van der Waals surface area contributed by atoms with Gasteiger partial charge in [0.05, 0.1) is 18.0 Å². The minimum atomic E-state index is -0.199. The highest BCUT2D eigenvalue weighted by Crippen LogP contribution is 2.22. The molecule has 0 saturated heterocycles. The Balaban J connectivity index is 1.58. The van der Waals surface area contributed by atoms with Crippen LogP contribution in [0, 0.1) is 0 Å². The van der Waals surface area contributed by atoms with Gasteiger partial charge in [-0.1, -0.05) is 11.2 Å².